The number of phenolic OH excluding ortho intramolecular Hbond substituents is 1. The van der Waals surface area contributed by atoms with E-state index in [1.165, 1.54) is 12.1 Å². The Kier molecular flexibility index (Phi) is 7.70. The molecule has 33 heavy (non-hydrogen) atoms. The van der Waals surface area contributed by atoms with Crippen molar-refractivity contribution in [2.75, 3.05) is 0 Å². The third-order valence-electron chi connectivity index (χ3n) is 4.48. The highest BCUT2D eigenvalue weighted by Crippen LogP contribution is 2.23. The van der Waals surface area contributed by atoms with Crippen LogP contribution in [-0.4, -0.2) is 33.3 Å². The Bertz CT molecular complexity index is 1320. The molecule has 0 radical (unpaired) electrons. The summed E-state index contributed by atoms with van der Waals surface area (Å²) in [5.41, 5.74) is 2.74. The normalized spacial score (nSPS) is 10.9. The quantitative estimate of drug-likeness (QED) is 0.339. The first-order valence-corrected chi connectivity index (χ1v) is 11.6. The molecule has 0 saturated carbocycles. The van der Waals surface area contributed by atoms with E-state index >= 15 is 0 Å². The molecule has 0 aliphatic carbocycles. The van der Waals surface area contributed by atoms with Crippen molar-refractivity contribution in [2.45, 2.75) is 25.3 Å². The molecule has 0 spiro atoms. The predicted molar refractivity (Wildman–Crippen MR) is 125 cm³/mol. The van der Waals surface area contributed by atoms with Gasteiger partial charge in [-0.25, -0.2) is 4.98 Å². The third-order valence-corrected chi connectivity index (χ3v) is 5.58. The summed E-state index contributed by atoms with van der Waals surface area (Å²) in [5, 5.41) is 17.0. The molecule has 0 fully saturated rings. The van der Waals surface area contributed by atoms with Gasteiger partial charge in [-0.1, -0.05) is 29.3 Å². The van der Waals surface area contributed by atoms with Gasteiger partial charge in [-0.3, -0.25) is 9.65 Å². The van der Waals surface area contributed by atoms with Crippen LogP contribution in [-0.2, 0) is 16.7 Å². The molecule has 0 unspecified atom stereocenters. The molecular formula is C23H22ClN3O5S. The Labute approximate surface area is 196 Å². The number of phenols is 1. The van der Waals surface area contributed by atoms with Gasteiger partial charge in [0.1, 0.15) is 18.1 Å². The minimum atomic E-state index is -4.02. The molecule has 4 rings (SSSR count). The number of ether oxygens (including phenoxy) is 1. The van der Waals surface area contributed by atoms with Gasteiger partial charge in [-0.05, 0) is 74.0 Å². The van der Waals surface area contributed by atoms with E-state index in [4.69, 9.17) is 20.9 Å². The fourth-order valence-electron chi connectivity index (χ4n) is 2.73. The van der Waals surface area contributed by atoms with E-state index in [0.717, 1.165) is 22.4 Å². The van der Waals surface area contributed by atoms with E-state index in [0.29, 0.717) is 16.7 Å². The second-order valence-electron chi connectivity index (χ2n) is 7.14. The average Bonchev–Trinajstić information content (AvgIpc) is 3.23. The van der Waals surface area contributed by atoms with Crippen molar-refractivity contribution in [1.82, 2.24) is 15.2 Å². The molecule has 0 saturated heterocycles. The van der Waals surface area contributed by atoms with Crippen LogP contribution in [0.1, 0.15) is 17.0 Å². The van der Waals surface area contributed by atoms with Crippen LogP contribution in [0.15, 0.2) is 71.6 Å². The van der Waals surface area contributed by atoms with Crippen LogP contribution in [0.4, 0.5) is 0 Å². The maximum Gasteiger partial charge on any atom is 0.294 e. The fraction of sp³-hybridized carbons (Fsp3) is 0.130. The number of nitrogens with zero attached hydrogens (tertiary/aromatic N) is 2. The van der Waals surface area contributed by atoms with Crippen LogP contribution in [0, 0.1) is 13.8 Å². The minimum absolute atomic E-state index is 0.0666. The molecule has 0 bridgehead atoms. The molecule has 1 heterocycles. The number of benzene rings is 3. The lowest BCUT2D eigenvalue weighted by atomic mass is 10.2. The highest BCUT2D eigenvalue weighted by molar-refractivity contribution is 7.85. The summed E-state index contributed by atoms with van der Waals surface area (Å²) in [5.74, 6) is 2.15. The summed E-state index contributed by atoms with van der Waals surface area (Å²) in [4.78, 5) is 4.31. The van der Waals surface area contributed by atoms with Gasteiger partial charge in [-0.15, -0.1) is 0 Å². The van der Waals surface area contributed by atoms with Crippen LogP contribution in [0.25, 0.3) is 11.4 Å². The zero-order valence-electron chi connectivity index (χ0n) is 17.9. The molecule has 3 N–H and O–H groups in total. The van der Waals surface area contributed by atoms with Crippen molar-refractivity contribution in [3.63, 3.8) is 0 Å². The van der Waals surface area contributed by atoms with Gasteiger partial charge in [-0.2, -0.15) is 13.5 Å². The van der Waals surface area contributed by atoms with Crippen molar-refractivity contribution in [2.24, 2.45) is 0 Å². The van der Waals surface area contributed by atoms with Gasteiger partial charge in [0.05, 0.1) is 4.90 Å². The molecule has 0 aliphatic rings. The summed E-state index contributed by atoms with van der Waals surface area (Å²) < 4.78 is 35.3. The first-order valence-electron chi connectivity index (χ1n) is 9.75. The SMILES string of the molecule is Cc1cc(Cl)ccc1OCc1nc(-c2ccc(O)cc2)n[nH]1.Cc1ccc(S(=O)(=O)O)cc1. The lowest BCUT2D eigenvalue weighted by Crippen LogP contribution is -1.99. The lowest BCUT2D eigenvalue weighted by molar-refractivity contribution is 0.294. The van der Waals surface area contributed by atoms with E-state index in [2.05, 4.69) is 15.2 Å². The second kappa shape index (κ2) is 10.5. The smallest absolute Gasteiger partial charge is 0.294 e. The van der Waals surface area contributed by atoms with Crippen molar-refractivity contribution < 1.29 is 22.8 Å². The van der Waals surface area contributed by atoms with Crippen molar-refractivity contribution in [1.29, 1.82) is 0 Å². The van der Waals surface area contributed by atoms with E-state index in [1.807, 2.05) is 26.0 Å². The highest BCUT2D eigenvalue weighted by Gasteiger charge is 2.08. The lowest BCUT2D eigenvalue weighted by Gasteiger charge is -2.07. The molecule has 4 aromatic rings. The Morgan fingerprint density at radius 1 is 1.00 bits per heavy atom. The zero-order valence-corrected chi connectivity index (χ0v) is 19.4. The van der Waals surface area contributed by atoms with Gasteiger partial charge in [0.2, 0.25) is 0 Å². The number of aromatic hydroxyl groups is 1. The summed E-state index contributed by atoms with van der Waals surface area (Å²) in [6, 6.07) is 18.2. The first-order chi connectivity index (χ1) is 15.6. The third kappa shape index (κ3) is 7.04. The van der Waals surface area contributed by atoms with Crippen LogP contribution in [0.3, 0.4) is 0 Å². The number of hydrogen-bond acceptors (Lipinski definition) is 6. The number of hydrogen-bond donors (Lipinski definition) is 3. The van der Waals surface area contributed by atoms with Crippen LogP contribution in [0.5, 0.6) is 11.5 Å². The molecule has 8 nitrogen and oxygen atoms in total. The predicted octanol–water partition coefficient (Wildman–Crippen LogP) is 4.96. The maximum atomic E-state index is 10.5. The monoisotopic (exact) mass is 487 g/mol. The molecule has 1 aromatic heterocycles. The maximum absolute atomic E-state index is 10.5. The number of halogens is 1. The van der Waals surface area contributed by atoms with E-state index in [9.17, 15) is 13.5 Å². The highest BCUT2D eigenvalue weighted by atomic mass is 35.5. The van der Waals surface area contributed by atoms with Gasteiger partial charge >= 0.3 is 0 Å². The Morgan fingerprint density at radius 3 is 2.27 bits per heavy atom. The molecule has 0 atom stereocenters. The number of aryl methyl sites for hydroxylation is 2. The molecule has 3 aromatic carbocycles. The van der Waals surface area contributed by atoms with Gasteiger partial charge in [0, 0.05) is 10.6 Å². The van der Waals surface area contributed by atoms with Gasteiger partial charge in [0.15, 0.2) is 11.6 Å². The number of aromatic nitrogens is 3. The minimum Gasteiger partial charge on any atom is -0.508 e. The molecule has 0 amide bonds. The second-order valence-corrected chi connectivity index (χ2v) is 9.00. The topological polar surface area (TPSA) is 125 Å². The summed E-state index contributed by atoms with van der Waals surface area (Å²) in [7, 11) is -4.02. The van der Waals surface area contributed by atoms with Crippen molar-refractivity contribution in [3.8, 4) is 22.9 Å². The van der Waals surface area contributed by atoms with Crippen LogP contribution in [0.2, 0.25) is 5.02 Å². The standard InChI is InChI=1S/C16H14ClN3O2.C7H8O3S/c1-10-8-12(17)4-7-14(10)22-9-15-18-16(20-19-15)11-2-5-13(21)6-3-11;1-6-2-4-7(5-3-6)11(8,9)10/h2-8,21H,9H2,1H3,(H,18,19,20);2-5H,1H3,(H,8,9,10). The number of aromatic amines is 1. The largest absolute Gasteiger partial charge is 0.508 e. The molecule has 0 aliphatic heterocycles. The first kappa shape index (κ1) is 24.2. The van der Waals surface area contributed by atoms with Crippen molar-refractivity contribution in [3.05, 3.63) is 88.7 Å². The van der Waals surface area contributed by atoms with E-state index < -0.39 is 10.1 Å². The van der Waals surface area contributed by atoms with Crippen LogP contribution >= 0.6 is 11.6 Å². The number of H-pyrrole nitrogens is 1. The van der Waals surface area contributed by atoms with Crippen molar-refractivity contribution >= 4 is 21.7 Å². The summed E-state index contributed by atoms with van der Waals surface area (Å²) in [6.07, 6.45) is 0. The van der Waals surface area contributed by atoms with Gasteiger partial charge < -0.3 is 9.84 Å². The molecule has 10 heteroatoms. The van der Waals surface area contributed by atoms with Crippen LogP contribution < -0.4 is 4.74 Å². The summed E-state index contributed by atoms with van der Waals surface area (Å²) in [6.45, 7) is 4.06. The Morgan fingerprint density at radius 2 is 1.67 bits per heavy atom. The Hall–Kier alpha value is -3.40. The fourth-order valence-corrected chi connectivity index (χ4v) is 3.44. The molecule has 172 valence electrons. The average molecular weight is 488 g/mol. The number of nitrogens with one attached hydrogen (secondary N) is 1. The number of rotatable bonds is 5. The van der Waals surface area contributed by atoms with Gasteiger partial charge in [0.25, 0.3) is 10.1 Å². The zero-order chi connectivity index (χ0) is 24.0. The van der Waals surface area contributed by atoms with E-state index in [-0.39, 0.29) is 17.3 Å². The van der Waals surface area contributed by atoms with E-state index in [1.54, 1.807) is 42.5 Å². The molecular weight excluding hydrogens is 466 g/mol. The Balaban J connectivity index is 0.000000235. The summed E-state index contributed by atoms with van der Waals surface area (Å²) >= 11 is 5.91.